The van der Waals surface area contributed by atoms with Crippen molar-refractivity contribution in [1.29, 1.82) is 0 Å². The summed E-state index contributed by atoms with van der Waals surface area (Å²) >= 11 is 5.31. The van der Waals surface area contributed by atoms with E-state index < -0.39 is 10.8 Å². The van der Waals surface area contributed by atoms with Gasteiger partial charge in [0.2, 0.25) is 5.91 Å². The normalized spacial score (nSPS) is 13.5. The van der Waals surface area contributed by atoms with E-state index in [-0.39, 0.29) is 27.8 Å². The Labute approximate surface area is 185 Å². The third-order valence-electron chi connectivity index (χ3n) is 5.19. The van der Waals surface area contributed by atoms with E-state index in [1.165, 1.54) is 25.1 Å². The summed E-state index contributed by atoms with van der Waals surface area (Å²) in [6.45, 7) is 5.73. The van der Waals surface area contributed by atoms with E-state index in [4.69, 9.17) is 12.2 Å². The Kier molecular flexibility index (Phi) is 6.81. The van der Waals surface area contributed by atoms with Crippen LogP contribution in [0.3, 0.4) is 0 Å². The van der Waals surface area contributed by atoms with E-state index in [9.17, 15) is 19.7 Å². The van der Waals surface area contributed by atoms with Crippen LogP contribution in [0.2, 0.25) is 0 Å². The predicted octanol–water partition coefficient (Wildman–Crippen LogP) is 2.70. The maximum absolute atomic E-state index is 12.6. The van der Waals surface area contributed by atoms with Gasteiger partial charge >= 0.3 is 0 Å². The monoisotopic (exact) mass is 441 g/mol. The Morgan fingerprint density at radius 2 is 1.74 bits per heavy atom. The van der Waals surface area contributed by atoms with Crippen LogP contribution in [0.5, 0.6) is 0 Å². The zero-order valence-electron chi connectivity index (χ0n) is 17.3. The molecule has 0 atom stereocenters. The van der Waals surface area contributed by atoms with Gasteiger partial charge in [-0.1, -0.05) is 18.2 Å². The van der Waals surface area contributed by atoms with Crippen molar-refractivity contribution in [2.24, 2.45) is 0 Å². The molecule has 31 heavy (non-hydrogen) atoms. The first-order valence-electron chi connectivity index (χ1n) is 9.73. The molecule has 0 bridgehead atoms. The molecule has 10 heteroatoms. The maximum atomic E-state index is 12.6. The summed E-state index contributed by atoms with van der Waals surface area (Å²) in [4.78, 5) is 38.7. The number of piperazine rings is 1. The first-order chi connectivity index (χ1) is 14.8. The zero-order chi connectivity index (χ0) is 22.5. The third kappa shape index (κ3) is 5.15. The largest absolute Gasteiger partial charge is 0.366 e. The molecule has 2 aromatic carbocycles. The minimum Gasteiger partial charge on any atom is -0.366 e. The quantitative estimate of drug-likeness (QED) is 0.427. The topological polar surface area (TPSA) is 108 Å². The first-order valence-corrected chi connectivity index (χ1v) is 10.1. The van der Waals surface area contributed by atoms with Crippen LogP contribution in [0.25, 0.3) is 0 Å². The molecule has 2 amide bonds. The van der Waals surface area contributed by atoms with Gasteiger partial charge < -0.3 is 15.1 Å². The Balaban J connectivity index is 1.69. The fourth-order valence-corrected chi connectivity index (χ4v) is 3.71. The lowest BCUT2D eigenvalue weighted by Crippen LogP contribution is -2.48. The summed E-state index contributed by atoms with van der Waals surface area (Å²) in [5, 5.41) is 16.8. The minimum atomic E-state index is -0.523. The van der Waals surface area contributed by atoms with E-state index in [1.54, 1.807) is 11.8 Å². The highest BCUT2D eigenvalue weighted by molar-refractivity contribution is 7.80. The number of para-hydroxylation sites is 2. The fraction of sp³-hybridized carbons (Fsp3) is 0.286. The van der Waals surface area contributed by atoms with E-state index in [0.29, 0.717) is 26.2 Å². The number of hydrogen-bond acceptors (Lipinski definition) is 6. The number of nitro benzene ring substituents is 1. The van der Waals surface area contributed by atoms with Crippen LogP contribution in [0.4, 0.5) is 17.1 Å². The molecule has 0 spiro atoms. The molecule has 1 saturated heterocycles. The molecule has 1 aliphatic heterocycles. The van der Waals surface area contributed by atoms with Crippen molar-refractivity contribution in [1.82, 2.24) is 10.2 Å². The van der Waals surface area contributed by atoms with Crippen LogP contribution in [0.1, 0.15) is 22.8 Å². The summed E-state index contributed by atoms with van der Waals surface area (Å²) in [5.41, 5.74) is 1.97. The maximum Gasteiger partial charge on any atom is 0.273 e. The molecule has 0 saturated carbocycles. The molecule has 1 heterocycles. The van der Waals surface area contributed by atoms with E-state index in [1.807, 2.05) is 24.3 Å². The lowest BCUT2D eigenvalue weighted by atomic mass is 10.1. The molecular weight excluding hydrogens is 418 g/mol. The van der Waals surface area contributed by atoms with Gasteiger partial charge in [0.25, 0.3) is 11.6 Å². The standard InChI is InChI=1S/C21H23N5O4S/c1-14-16(6-5-9-18(14)26(29)30)20(28)23-21(31)22-17-7-3-4-8-19(17)25-12-10-24(11-13-25)15(2)27/h3-9H,10-13H2,1-2H3,(H2,22,23,28,31). The Morgan fingerprint density at radius 3 is 2.39 bits per heavy atom. The number of hydrogen-bond donors (Lipinski definition) is 2. The van der Waals surface area contributed by atoms with Crippen molar-refractivity contribution in [3.05, 3.63) is 63.7 Å². The molecule has 1 aliphatic rings. The van der Waals surface area contributed by atoms with Crippen LogP contribution in [-0.4, -0.2) is 52.9 Å². The van der Waals surface area contributed by atoms with Crippen molar-refractivity contribution in [2.45, 2.75) is 13.8 Å². The average molecular weight is 442 g/mol. The second kappa shape index (κ2) is 9.52. The molecule has 0 radical (unpaired) electrons. The smallest absolute Gasteiger partial charge is 0.273 e. The molecule has 0 aromatic heterocycles. The van der Waals surface area contributed by atoms with Gasteiger partial charge in [-0.2, -0.15) is 0 Å². The van der Waals surface area contributed by atoms with Crippen LogP contribution >= 0.6 is 12.2 Å². The number of rotatable bonds is 4. The number of anilines is 2. The van der Waals surface area contributed by atoms with E-state index >= 15 is 0 Å². The lowest BCUT2D eigenvalue weighted by molar-refractivity contribution is -0.385. The number of nitro groups is 1. The third-order valence-corrected chi connectivity index (χ3v) is 5.40. The molecule has 0 aliphatic carbocycles. The number of thiocarbonyl (C=S) groups is 1. The second-order valence-corrected chi connectivity index (χ2v) is 7.53. The van der Waals surface area contributed by atoms with Gasteiger partial charge in [-0.05, 0) is 37.3 Å². The fourth-order valence-electron chi connectivity index (χ4n) is 3.51. The van der Waals surface area contributed by atoms with Crippen LogP contribution in [0.15, 0.2) is 42.5 Å². The summed E-state index contributed by atoms with van der Waals surface area (Å²) in [6.07, 6.45) is 0. The number of carbonyl (C=O) groups excluding carboxylic acids is 2. The van der Waals surface area contributed by atoms with Crippen molar-refractivity contribution in [3.63, 3.8) is 0 Å². The van der Waals surface area contributed by atoms with E-state index in [2.05, 4.69) is 15.5 Å². The minimum absolute atomic E-state index is 0.0615. The lowest BCUT2D eigenvalue weighted by Gasteiger charge is -2.36. The first kappa shape index (κ1) is 22.2. The number of nitrogens with one attached hydrogen (secondary N) is 2. The number of benzene rings is 2. The highest BCUT2D eigenvalue weighted by atomic mass is 32.1. The highest BCUT2D eigenvalue weighted by Crippen LogP contribution is 2.27. The van der Waals surface area contributed by atoms with Gasteiger partial charge in [-0.3, -0.25) is 25.0 Å². The molecule has 2 N–H and O–H groups in total. The molecule has 162 valence electrons. The van der Waals surface area contributed by atoms with Crippen LogP contribution in [-0.2, 0) is 4.79 Å². The Hall–Kier alpha value is -3.53. The number of carbonyl (C=O) groups is 2. The zero-order valence-corrected chi connectivity index (χ0v) is 18.1. The van der Waals surface area contributed by atoms with Crippen molar-refractivity contribution < 1.29 is 14.5 Å². The van der Waals surface area contributed by atoms with Crippen molar-refractivity contribution >= 4 is 46.2 Å². The summed E-state index contributed by atoms with van der Waals surface area (Å²) in [5.74, 6) is -0.461. The van der Waals surface area contributed by atoms with Gasteiger partial charge in [0, 0.05) is 50.3 Å². The Morgan fingerprint density at radius 1 is 1.06 bits per heavy atom. The second-order valence-electron chi connectivity index (χ2n) is 7.13. The number of nitrogens with zero attached hydrogens (tertiary/aromatic N) is 3. The molecule has 1 fully saturated rings. The van der Waals surface area contributed by atoms with Gasteiger partial charge in [-0.15, -0.1) is 0 Å². The number of amides is 2. The summed E-state index contributed by atoms with van der Waals surface area (Å²) in [6, 6.07) is 11.9. The summed E-state index contributed by atoms with van der Waals surface area (Å²) < 4.78 is 0. The van der Waals surface area contributed by atoms with Gasteiger partial charge in [0.1, 0.15) is 0 Å². The van der Waals surface area contributed by atoms with Gasteiger partial charge in [0.05, 0.1) is 16.3 Å². The molecular formula is C21H23N5O4S. The predicted molar refractivity (Wildman–Crippen MR) is 122 cm³/mol. The molecule has 9 nitrogen and oxygen atoms in total. The van der Waals surface area contributed by atoms with Crippen LogP contribution in [0, 0.1) is 17.0 Å². The van der Waals surface area contributed by atoms with Crippen molar-refractivity contribution in [3.8, 4) is 0 Å². The molecule has 3 rings (SSSR count). The molecule has 2 aromatic rings. The van der Waals surface area contributed by atoms with Crippen molar-refractivity contribution in [2.75, 3.05) is 36.4 Å². The van der Waals surface area contributed by atoms with Gasteiger partial charge in [0.15, 0.2) is 5.11 Å². The average Bonchev–Trinajstić information content (AvgIpc) is 2.74. The highest BCUT2D eigenvalue weighted by Gasteiger charge is 2.22. The summed E-state index contributed by atoms with van der Waals surface area (Å²) in [7, 11) is 0. The van der Waals surface area contributed by atoms with E-state index in [0.717, 1.165) is 11.4 Å². The molecule has 0 unspecified atom stereocenters. The van der Waals surface area contributed by atoms with Gasteiger partial charge in [-0.25, -0.2) is 0 Å². The van der Waals surface area contributed by atoms with Crippen LogP contribution < -0.4 is 15.5 Å². The SMILES string of the molecule is CC(=O)N1CCN(c2ccccc2NC(=S)NC(=O)c2cccc([N+](=O)[O-])c2C)CC1. The Bertz CT molecular complexity index is 1030.